The van der Waals surface area contributed by atoms with Gasteiger partial charge in [0.05, 0.1) is 5.69 Å². The quantitative estimate of drug-likeness (QED) is 0.719. The van der Waals surface area contributed by atoms with Crippen molar-refractivity contribution in [3.63, 3.8) is 0 Å². The van der Waals surface area contributed by atoms with E-state index in [-0.39, 0.29) is 5.41 Å². The second kappa shape index (κ2) is 4.34. The molecule has 19 heavy (non-hydrogen) atoms. The molecule has 3 heterocycles. The third kappa shape index (κ3) is 2.33. The van der Waals surface area contributed by atoms with Gasteiger partial charge in [0.25, 0.3) is 0 Å². The minimum absolute atomic E-state index is 0.111. The molecule has 0 aromatic carbocycles. The monoisotopic (exact) mass is 254 g/mol. The molecule has 0 N–H and O–H groups in total. The fraction of sp³-hybridized carbons (Fsp3) is 0.375. The minimum Gasteiger partial charge on any atom is -0.437 e. The van der Waals surface area contributed by atoms with Crippen LogP contribution in [0.25, 0.3) is 0 Å². The fourth-order valence-corrected chi connectivity index (χ4v) is 2.24. The zero-order valence-electron chi connectivity index (χ0n) is 11.6. The molecule has 2 aromatic rings. The lowest BCUT2D eigenvalue weighted by molar-refractivity contribution is 0.455. The van der Waals surface area contributed by atoms with Crippen LogP contribution in [0.15, 0.2) is 30.6 Å². The molecule has 98 valence electrons. The van der Waals surface area contributed by atoms with Gasteiger partial charge in [-0.3, -0.25) is 4.98 Å². The maximum absolute atomic E-state index is 5.90. The second-order valence-electron chi connectivity index (χ2n) is 5.99. The predicted octanol–water partition coefficient (Wildman–Crippen LogP) is 3.67. The summed E-state index contributed by atoms with van der Waals surface area (Å²) in [5, 5.41) is 0. The van der Waals surface area contributed by atoms with Gasteiger partial charge in [0.15, 0.2) is 5.75 Å². The normalized spacial score (nSPS) is 14.1. The van der Waals surface area contributed by atoms with Crippen molar-refractivity contribution < 1.29 is 4.74 Å². The predicted molar refractivity (Wildman–Crippen MR) is 74.7 cm³/mol. The zero-order valence-corrected chi connectivity index (χ0v) is 11.6. The van der Waals surface area contributed by atoms with Crippen LogP contribution >= 0.6 is 0 Å². The van der Waals surface area contributed by atoms with Crippen molar-refractivity contribution in [2.75, 3.05) is 0 Å². The lowest BCUT2D eigenvalue weighted by Gasteiger charge is -2.19. The average Bonchev–Trinajstić information content (AvgIpc) is 2.55. The first-order valence-electron chi connectivity index (χ1n) is 6.65. The third-order valence-corrected chi connectivity index (χ3v) is 3.48. The highest BCUT2D eigenvalue weighted by Crippen LogP contribution is 2.33. The Labute approximate surface area is 113 Å². The van der Waals surface area contributed by atoms with Crippen LogP contribution in [0.4, 0.5) is 0 Å². The first-order chi connectivity index (χ1) is 9.04. The summed E-state index contributed by atoms with van der Waals surface area (Å²) < 4.78 is 5.90. The summed E-state index contributed by atoms with van der Waals surface area (Å²) in [5.41, 5.74) is 3.54. The van der Waals surface area contributed by atoms with E-state index in [0.29, 0.717) is 0 Å². The lowest BCUT2D eigenvalue weighted by atomic mass is 9.87. The molecule has 0 amide bonds. The van der Waals surface area contributed by atoms with E-state index in [1.165, 1.54) is 11.1 Å². The topological polar surface area (TPSA) is 35.0 Å². The number of fused-ring (bicyclic) bond motifs is 2. The van der Waals surface area contributed by atoms with E-state index >= 15 is 0 Å². The van der Waals surface area contributed by atoms with E-state index in [1.807, 2.05) is 24.5 Å². The molecule has 3 heteroatoms. The van der Waals surface area contributed by atoms with Crippen molar-refractivity contribution in [3.05, 3.63) is 47.4 Å². The molecule has 0 saturated carbocycles. The SMILES string of the molecule is CC(C)(C)c1cnc2c(c1)CCc1ncccc1O2. The Morgan fingerprint density at radius 2 is 2.00 bits per heavy atom. The minimum atomic E-state index is 0.111. The highest BCUT2D eigenvalue weighted by Gasteiger charge is 2.20. The van der Waals surface area contributed by atoms with E-state index < -0.39 is 0 Å². The average molecular weight is 254 g/mol. The number of hydrogen-bond donors (Lipinski definition) is 0. The molecule has 2 aromatic heterocycles. The maximum atomic E-state index is 5.90. The van der Waals surface area contributed by atoms with E-state index in [1.54, 1.807) is 0 Å². The molecule has 0 fully saturated rings. The number of hydrogen-bond acceptors (Lipinski definition) is 3. The van der Waals surface area contributed by atoms with Crippen LogP contribution < -0.4 is 4.74 Å². The molecule has 0 radical (unpaired) electrons. The van der Waals surface area contributed by atoms with Crippen LogP contribution in [0.3, 0.4) is 0 Å². The lowest BCUT2D eigenvalue weighted by Crippen LogP contribution is -2.12. The van der Waals surface area contributed by atoms with Crippen LogP contribution in [0, 0.1) is 0 Å². The Morgan fingerprint density at radius 3 is 2.79 bits per heavy atom. The summed E-state index contributed by atoms with van der Waals surface area (Å²) in [5.74, 6) is 1.55. The Hall–Kier alpha value is -1.90. The fourth-order valence-electron chi connectivity index (χ4n) is 2.24. The van der Waals surface area contributed by atoms with E-state index in [2.05, 4.69) is 36.8 Å². The number of pyridine rings is 2. The Balaban J connectivity index is 2.02. The van der Waals surface area contributed by atoms with Gasteiger partial charge in [-0.25, -0.2) is 4.98 Å². The summed E-state index contributed by atoms with van der Waals surface area (Å²) in [6.07, 6.45) is 5.56. The molecule has 0 saturated heterocycles. The zero-order chi connectivity index (χ0) is 13.5. The summed E-state index contributed by atoms with van der Waals surface area (Å²) in [4.78, 5) is 8.88. The van der Waals surface area contributed by atoms with Gasteiger partial charge in [0, 0.05) is 18.0 Å². The molecule has 1 aliphatic rings. The van der Waals surface area contributed by atoms with Gasteiger partial charge < -0.3 is 4.74 Å². The number of aryl methyl sites for hydroxylation is 2. The summed E-state index contributed by atoms with van der Waals surface area (Å²) in [6.45, 7) is 6.60. The van der Waals surface area contributed by atoms with Gasteiger partial charge in [-0.05, 0) is 42.0 Å². The van der Waals surface area contributed by atoms with Crippen molar-refractivity contribution in [3.8, 4) is 11.6 Å². The van der Waals surface area contributed by atoms with Gasteiger partial charge >= 0.3 is 0 Å². The van der Waals surface area contributed by atoms with Crippen LogP contribution in [0.1, 0.15) is 37.6 Å². The molecule has 3 nitrogen and oxygen atoms in total. The van der Waals surface area contributed by atoms with Crippen LogP contribution in [-0.2, 0) is 18.3 Å². The summed E-state index contributed by atoms with van der Waals surface area (Å²) >= 11 is 0. The van der Waals surface area contributed by atoms with Crippen molar-refractivity contribution >= 4 is 0 Å². The first-order valence-corrected chi connectivity index (χ1v) is 6.65. The Morgan fingerprint density at radius 1 is 1.16 bits per heavy atom. The summed E-state index contributed by atoms with van der Waals surface area (Å²) in [6, 6.07) is 6.07. The van der Waals surface area contributed by atoms with Crippen molar-refractivity contribution in [2.24, 2.45) is 0 Å². The molecule has 1 aliphatic heterocycles. The van der Waals surface area contributed by atoms with E-state index in [9.17, 15) is 0 Å². The Kier molecular flexibility index (Phi) is 2.77. The highest BCUT2D eigenvalue weighted by atomic mass is 16.5. The Bertz CT molecular complexity index is 614. The van der Waals surface area contributed by atoms with E-state index in [0.717, 1.165) is 30.2 Å². The van der Waals surface area contributed by atoms with Gasteiger partial charge in [-0.15, -0.1) is 0 Å². The number of rotatable bonds is 0. The molecule has 3 rings (SSSR count). The molecule has 0 atom stereocenters. The molecule has 0 spiro atoms. The molecule has 0 unspecified atom stereocenters. The van der Waals surface area contributed by atoms with Gasteiger partial charge in [-0.1, -0.05) is 20.8 Å². The van der Waals surface area contributed by atoms with Crippen LogP contribution in [-0.4, -0.2) is 9.97 Å². The number of aromatic nitrogens is 2. The third-order valence-electron chi connectivity index (χ3n) is 3.48. The molecule has 0 aliphatic carbocycles. The second-order valence-corrected chi connectivity index (χ2v) is 5.99. The molecular weight excluding hydrogens is 236 g/mol. The van der Waals surface area contributed by atoms with Gasteiger partial charge in [0.1, 0.15) is 0 Å². The van der Waals surface area contributed by atoms with Crippen LogP contribution in [0.5, 0.6) is 11.6 Å². The largest absolute Gasteiger partial charge is 0.437 e. The smallest absolute Gasteiger partial charge is 0.222 e. The summed E-state index contributed by atoms with van der Waals surface area (Å²) in [7, 11) is 0. The maximum Gasteiger partial charge on any atom is 0.222 e. The number of nitrogens with zero attached hydrogens (tertiary/aromatic N) is 2. The van der Waals surface area contributed by atoms with Crippen molar-refractivity contribution in [1.29, 1.82) is 0 Å². The van der Waals surface area contributed by atoms with E-state index in [4.69, 9.17) is 4.74 Å². The standard InChI is InChI=1S/C16H18N2O/c1-16(2,3)12-9-11-6-7-13-14(5-4-8-17-13)19-15(11)18-10-12/h4-5,8-10H,6-7H2,1-3H3. The molecule has 0 bridgehead atoms. The van der Waals surface area contributed by atoms with Gasteiger partial charge in [0.2, 0.25) is 5.88 Å². The number of ether oxygens (including phenoxy) is 1. The van der Waals surface area contributed by atoms with Gasteiger partial charge in [-0.2, -0.15) is 0 Å². The first kappa shape index (κ1) is 12.2. The molecular formula is C16H18N2O. The van der Waals surface area contributed by atoms with Crippen LogP contribution in [0.2, 0.25) is 0 Å². The van der Waals surface area contributed by atoms with Crippen molar-refractivity contribution in [1.82, 2.24) is 9.97 Å². The van der Waals surface area contributed by atoms with Crippen molar-refractivity contribution in [2.45, 2.75) is 39.0 Å². The highest BCUT2D eigenvalue weighted by molar-refractivity contribution is 5.41.